The first kappa shape index (κ1) is 18.7. The number of nitrogens with zero attached hydrogens (tertiary/aromatic N) is 1. The number of hydrogen-bond acceptors (Lipinski definition) is 5. The number of aliphatic carboxylic acids is 1. The highest BCUT2D eigenvalue weighted by molar-refractivity contribution is 6.10. The molecule has 0 unspecified atom stereocenters. The van der Waals surface area contributed by atoms with E-state index in [1.54, 1.807) is 30.3 Å². The lowest BCUT2D eigenvalue weighted by molar-refractivity contribution is -0.307. The van der Waals surface area contributed by atoms with Crippen LogP contribution in [0.15, 0.2) is 48.0 Å². The van der Waals surface area contributed by atoms with E-state index in [-0.39, 0.29) is 11.3 Å². The molecule has 2 rings (SSSR count). The van der Waals surface area contributed by atoms with Crippen LogP contribution < -0.4 is 15.2 Å². The standard InChI is InChI=1S/C20H18N2O4/c1-13-6-5-8-17(14(13)2)22-20(25)16(11-21)10-15-7-3-4-9-18(15)26-12-19(23)24/h3-10H,12H2,1-2H3,(H,22,25)(H,23,24)/p-1/b16-10+. The molecule has 0 aliphatic heterocycles. The van der Waals surface area contributed by atoms with Gasteiger partial charge in [0.05, 0.1) is 5.97 Å². The van der Waals surface area contributed by atoms with Gasteiger partial charge in [-0.3, -0.25) is 4.79 Å². The number of nitrogens with one attached hydrogen (secondary N) is 1. The van der Waals surface area contributed by atoms with E-state index in [4.69, 9.17) is 4.74 Å². The van der Waals surface area contributed by atoms with Gasteiger partial charge in [-0.15, -0.1) is 0 Å². The van der Waals surface area contributed by atoms with Crippen molar-refractivity contribution >= 4 is 23.6 Å². The Balaban J connectivity index is 2.28. The number of carboxylic acids is 1. The van der Waals surface area contributed by atoms with Crippen molar-refractivity contribution in [2.45, 2.75) is 13.8 Å². The van der Waals surface area contributed by atoms with Gasteiger partial charge in [-0.2, -0.15) is 5.26 Å². The molecule has 132 valence electrons. The van der Waals surface area contributed by atoms with E-state index < -0.39 is 18.5 Å². The van der Waals surface area contributed by atoms with Crippen LogP contribution in [0, 0.1) is 25.2 Å². The summed E-state index contributed by atoms with van der Waals surface area (Å²) in [4.78, 5) is 23.0. The van der Waals surface area contributed by atoms with Crippen molar-refractivity contribution in [2.75, 3.05) is 11.9 Å². The Labute approximate surface area is 151 Å². The maximum absolute atomic E-state index is 12.4. The fraction of sp³-hybridized carbons (Fsp3) is 0.150. The van der Waals surface area contributed by atoms with Crippen LogP contribution in [0.2, 0.25) is 0 Å². The minimum Gasteiger partial charge on any atom is -0.546 e. The zero-order valence-electron chi connectivity index (χ0n) is 14.4. The number of ether oxygens (including phenoxy) is 1. The number of benzene rings is 2. The first-order valence-corrected chi connectivity index (χ1v) is 7.83. The Morgan fingerprint density at radius 1 is 1.19 bits per heavy atom. The molecule has 0 fully saturated rings. The minimum atomic E-state index is -1.36. The summed E-state index contributed by atoms with van der Waals surface area (Å²) in [6.07, 6.45) is 1.35. The van der Waals surface area contributed by atoms with Crippen LogP contribution in [0.4, 0.5) is 5.69 Å². The summed E-state index contributed by atoms with van der Waals surface area (Å²) >= 11 is 0. The fourth-order valence-electron chi connectivity index (χ4n) is 2.25. The van der Waals surface area contributed by atoms with Gasteiger partial charge in [0.1, 0.15) is 24.0 Å². The highest BCUT2D eigenvalue weighted by atomic mass is 16.5. The van der Waals surface area contributed by atoms with Crippen molar-refractivity contribution in [3.8, 4) is 11.8 Å². The number of rotatable bonds is 6. The third kappa shape index (κ3) is 4.71. The molecule has 1 amide bonds. The fourth-order valence-corrected chi connectivity index (χ4v) is 2.25. The average Bonchev–Trinajstić information content (AvgIpc) is 2.62. The van der Waals surface area contributed by atoms with Crippen molar-refractivity contribution in [2.24, 2.45) is 0 Å². The van der Waals surface area contributed by atoms with Gasteiger partial charge in [-0.1, -0.05) is 30.3 Å². The van der Waals surface area contributed by atoms with Crippen LogP contribution in [0.1, 0.15) is 16.7 Å². The van der Waals surface area contributed by atoms with Gasteiger partial charge in [0, 0.05) is 11.3 Å². The molecule has 0 aliphatic carbocycles. The Morgan fingerprint density at radius 2 is 1.92 bits per heavy atom. The summed E-state index contributed by atoms with van der Waals surface area (Å²) in [7, 11) is 0. The monoisotopic (exact) mass is 349 g/mol. The van der Waals surface area contributed by atoms with Crippen LogP contribution in [0.5, 0.6) is 5.75 Å². The first-order chi connectivity index (χ1) is 12.4. The maximum atomic E-state index is 12.4. The van der Waals surface area contributed by atoms with Crippen molar-refractivity contribution in [3.05, 3.63) is 64.7 Å². The van der Waals surface area contributed by atoms with Crippen molar-refractivity contribution in [3.63, 3.8) is 0 Å². The second-order valence-corrected chi connectivity index (χ2v) is 5.57. The van der Waals surface area contributed by atoms with Crippen molar-refractivity contribution < 1.29 is 19.4 Å². The topological polar surface area (TPSA) is 102 Å². The second kappa shape index (κ2) is 8.49. The molecule has 0 aliphatic rings. The predicted octanol–water partition coefficient (Wildman–Crippen LogP) is 1.98. The molecule has 0 saturated carbocycles. The lowest BCUT2D eigenvalue weighted by Gasteiger charge is -2.11. The summed E-state index contributed by atoms with van der Waals surface area (Å²) < 4.78 is 5.13. The lowest BCUT2D eigenvalue weighted by Crippen LogP contribution is -2.29. The van der Waals surface area contributed by atoms with Gasteiger partial charge in [-0.05, 0) is 43.2 Å². The number of carboxylic acid groups (broad SMARTS) is 1. The van der Waals surface area contributed by atoms with Crippen LogP contribution in [-0.4, -0.2) is 18.5 Å². The van der Waals surface area contributed by atoms with Crippen LogP contribution >= 0.6 is 0 Å². The molecule has 0 saturated heterocycles. The highest BCUT2D eigenvalue weighted by Gasteiger charge is 2.13. The molecule has 0 radical (unpaired) electrons. The number of amides is 1. The molecule has 2 aromatic rings. The highest BCUT2D eigenvalue weighted by Crippen LogP contribution is 2.22. The van der Waals surface area contributed by atoms with E-state index in [0.29, 0.717) is 11.3 Å². The van der Waals surface area contributed by atoms with Crippen LogP contribution in [0.3, 0.4) is 0 Å². The zero-order valence-corrected chi connectivity index (χ0v) is 14.4. The molecule has 0 spiro atoms. The number of carbonyl (C=O) groups excluding carboxylic acids is 2. The van der Waals surface area contributed by atoms with Crippen LogP contribution in [0.25, 0.3) is 6.08 Å². The second-order valence-electron chi connectivity index (χ2n) is 5.57. The van der Waals surface area contributed by atoms with E-state index in [9.17, 15) is 20.0 Å². The van der Waals surface area contributed by atoms with E-state index in [2.05, 4.69) is 5.32 Å². The molecular weight excluding hydrogens is 332 g/mol. The molecule has 0 bridgehead atoms. The molecule has 26 heavy (non-hydrogen) atoms. The Bertz CT molecular complexity index is 910. The molecule has 6 heteroatoms. The smallest absolute Gasteiger partial charge is 0.266 e. The Kier molecular flexibility index (Phi) is 6.12. The largest absolute Gasteiger partial charge is 0.546 e. The summed E-state index contributed by atoms with van der Waals surface area (Å²) in [5.41, 5.74) is 2.84. The summed E-state index contributed by atoms with van der Waals surface area (Å²) in [5, 5.41) is 22.6. The minimum absolute atomic E-state index is 0.129. The van der Waals surface area contributed by atoms with Gasteiger partial charge in [0.15, 0.2) is 0 Å². The number of carbonyl (C=O) groups is 2. The van der Waals surface area contributed by atoms with Gasteiger partial charge < -0.3 is 20.0 Å². The molecule has 0 heterocycles. The average molecular weight is 349 g/mol. The summed E-state index contributed by atoms with van der Waals surface area (Å²) in [6.45, 7) is 3.18. The normalized spacial score (nSPS) is 10.7. The summed E-state index contributed by atoms with van der Waals surface area (Å²) in [5.74, 6) is -1.68. The number of aryl methyl sites for hydroxylation is 1. The third-order valence-electron chi connectivity index (χ3n) is 3.78. The van der Waals surface area contributed by atoms with Gasteiger partial charge >= 0.3 is 0 Å². The SMILES string of the molecule is Cc1cccc(NC(=O)/C(C#N)=C/c2ccccc2OCC(=O)[O-])c1C. The lowest BCUT2D eigenvalue weighted by atomic mass is 10.1. The van der Waals surface area contributed by atoms with Crippen molar-refractivity contribution in [1.29, 1.82) is 5.26 Å². The Morgan fingerprint density at radius 3 is 2.62 bits per heavy atom. The molecule has 1 N–H and O–H groups in total. The van der Waals surface area contributed by atoms with E-state index >= 15 is 0 Å². The molecule has 0 atom stereocenters. The predicted molar refractivity (Wildman–Crippen MR) is 95.1 cm³/mol. The third-order valence-corrected chi connectivity index (χ3v) is 3.78. The van der Waals surface area contributed by atoms with E-state index in [1.165, 1.54) is 6.08 Å². The summed E-state index contributed by atoms with van der Waals surface area (Å²) in [6, 6.07) is 13.9. The van der Waals surface area contributed by atoms with Gasteiger partial charge in [0.2, 0.25) is 0 Å². The van der Waals surface area contributed by atoms with Crippen LogP contribution in [-0.2, 0) is 9.59 Å². The Hall–Kier alpha value is -3.59. The first-order valence-electron chi connectivity index (χ1n) is 7.83. The van der Waals surface area contributed by atoms with Gasteiger partial charge in [0.25, 0.3) is 5.91 Å². The van der Waals surface area contributed by atoms with Crippen molar-refractivity contribution in [1.82, 2.24) is 0 Å². The number of hydrogen-bond donors (Lipinski definition) is 1. The molecule has 2 aromatic carbocycles. The van der Waals surface area contributed by atoms with Gasteiger partial charge in [-0.25, -0.2) is 0 Å². The maximum Gasteiger partial charge on any atom is 0.266 e. The quantitative estimate of drug-likeness (QED) is 0.634. The number of nitriles is 1. The molecule has 6 nitrogen and oxygen atoms in total. The van der Waals surface area contributed by atoms with E-state index in [0.717, 1.165) is 11.1 Å². The zero-order chi connectivity index (χ0) is 19.1. The number of para-hydroxylation sites is 1. The van der Waals surface area contributed by atoms with E-state index in [1.807, 2.05) is 32.0 Å². The number of anilines is 1. The molecular formula is C20H17N2O4-. The molecule has 0 aromatic heterocycles.